The Labute approximate surface area is 504 Å². The Bertz CT molecular complexity index is 1440. The Morgan fingerprint density at radius 3 is 0.691 bits per heavy atom. The maximum Gasteiger partial charge on any atom is 0.306 e. The van der Waals surface area contributed by atoms with Crippen LogP contribution in [0.2, 0.25) is 0 Å². The van der Waals surface area contributed by atoms with Crippen molar-refractivity contribution in [3.05, 3.63) is 60.8 Å². The van der Waals surface area contributed by atoms with Crippen LogP contribution in [-0.4, -0.2) is 37.2 Å². The van der Waals surface area contributed by atoms with Crippen molar-refractivity contribution >= 4 is 17.9 Å². The summed E-state index contributed by atoms with van der Waals surface area (Å²) in [5, 5.41) is 0. The molecule has 81 heavy (non-hydrogen) atoms. The molecule has 0 aromatic heterocycles. The fraction of sp³-hybridized carbons (Fsp3) is 0.827. The van der Waals surface area contributed by atoms with Crippen molar-refractivity contribution < 1.29 is 28.6 Å². The quantitative estimate of drug-likeness (QED) is 0.0261. The summed E-state index contributed by atoms with van der Waals surface area (Å²) in [6.45, 7) is 6.67. The van der Waals surface area contributed by atoms with Gasteiger partial charge in [-0.2, -0.15) is 0 Å². The van der Waals surface area contributed by atoms with Crippen LogP contribution in [0.15, 0.2) is 60.8 Å². The number of unbranched alkanes of at least 4 members (excludes halogenated alkanes) is 45. The first kappa shape index (κ1) is 78.1. The van der Waals surface area contributed by atoms with E-state index in [-0.39, 0.29) is 31.1 Å². The number of ether oxygens (including phenoxy) is 3. The molecule has 0 N–H and O–H groups in total. The number of carbonyl (C=O) groups is 3. The van der Waals surface area contributed by atoms with Crippen molar-refractivity contribution in [3.63, 3.8) is 0 Å². The minimum atomic E-state index is -0.781. The maximum atomic E-state index is 13.0. The Hall–Kier alpha value is -2.89. The third-order valence-corrected chi connectivity index (χ3v) is 16.0. The van der Waals surface area contributed by atoms with Crippen molar-refractivity contribution in [3.8, 4) is 0 Å². The lowest BCUT2D eigenvalue weighted by atomic mass is 10.0. The van der Waals surface area contributed by atoms with Crippen molar-refractivity contribution in [1.29, 1.82) is 0 Å². The van der Waals surface area contributed by atoms with E-state index in [4.69, 9.17) is 14.2 Å². The van der Waals surface area contributed by atoms with E-state index in [0.29, 0.717) is 19.3 Å². The minimum Gasteiger partial charge on any atom is -0.462 e. The van der Waals surface area contributed by atoms with Gasteiger partial charge in [0, 0.05) is 19.3 Å². The van der Waals surface area contributed by atoms with Gasteiger partial charge < -0.3 is 14.2 Å². The molecule has 0 radical (unpaired) electrons. The average Bonchev–Trinajstić information content (AvgIpc) is 3.47. The summed E-state index contributed by atoms with van der Waals surface area (Å²) in [4.78, 5) is 38.5. The fourth-order valence-corrected chi connectivity index (χ4v) is 10.6. The standard InChI is InChI=1S/C75H136O6/c1-4-7-10-13-16-19-22-25-28-30-32-34-35-36-37-38-39-41-42-44-47-50-53-56-59-62-65-68-74(77)80-71-72(70-79-73(76)67-64-61-58-55-52-49-46-27-24-21-18-15-12-9-6-3)81-75(78)69-66-63-60-57-54-51-48-45-43-40-33-31-29-26-23-20-17-14-11-8-5-2/h22-23,25-26,30-33,43,45,72H,4-21,24,27-29,34-42,44,46-71H2,1-3H3/b25-22-,26-23-,32-30-,33-31-,45-43-. The van der Waals surface area contributed by atoms with E-state index >= 15 is 0 Å². The smallest absolute Gasteiger partial charge is 0.306 e. The highest BCUT2D eigenvalue weighted by Crippen LogP contribution is 2.18. The first-order chi connectivity index (χ1) is 40.0. The summed E-state index contributed by atoms with van der Waals surface area (Å²) in [6.07, 6.45) is 89.6. The summed E-state index contributed by atoms with van der Waals surface area (Å²) in [6, 6.07) is 0. The van der Waals surface area contributed by atoms with Gasteiger partial charge in [0.2, 0.25) is 0 Å². The van der Waals surface area contributed by atoms with Gasteiger partial charge in [-0.05, 0) is 89.9 Å². The van der Waals surface area contributed by atoms with Crippen LogP contribution < -0.4 is 0 Å². The molecule has 0 aliphatic heterocycles. The second-order valence-electron chi connectivity index (χ2n) is 24.1. The molecule has 0 rings (SSSR count). The van der Waals surface area contributed by atoms with Gasteiger partial charge in [0.15, 0.2) is 6.10 Å². The van der Waals surface area contributed by atoms with Gasteiger partial charge >= 0.3 is 17.9 Å². The van der Waals surface area contributed by atoms with E-state index in [9.17, 15) is 14.4 Å². The van der Waals surface area contributed by atoms with Gasteiger partial charge in [0.25, 0.3) is 0 Å². The largest absolute Gasteiger partial charge is 0.462 e. The van der Waals surface area contributed by atoms with Crippen LogP contribution >= 0.6 is 0 Å². The molecule has 6 heteroatoms. The molecule has 0 heterocycles. The molecular weight excluding hydrogens is 997 g/mol. The molecule has 0 aromatic carbocycles. The number of allylic oxidation sites excluding steroid dienone is 10. The second-order valence-corrected chi connectivity index (χ2v) is 24.1. The topological polar surface area (TPSA) is 78.9 Å². The van der Waals surface area contributed by atoms with Crippen LogP contribution in [-0.2, 0) is 28.6 Å². The predicted octanol–water partition coefficient (Wildman–Crippen LogP) is 24.7. The highest BCUT2D eigenvalue weighted by molar-refractivity contribution is 5.71. The lowest BCUT2D eigenvalue weighted by molar-refractivity contribution is -0.167. The third kappa shape index (κ3) is 67.8. The first-order valence-corrected chi connectivity index (χ1v) is 35.8. The van der Waals surface area contributed by atoms with Gasteiger partial charge in [-0.3, -0.25) is 14.4 Å². The van der Waals surface area contributed by atoms with E-state index in [2.05, 4.69) is 81.5 Å². The Balaban J connectivity index is 4.29. The van der Waals surface area contributed by atoms with Gasteiger partial charge in [-0.25, -0.2) is 0 Å². The van der Waals surface area contributed by atoms with Crippen LogP contribution in [0.5, 0.6) is 0 Å². The molecule has 0 fully saturated rings. The molecule has 1 unspecified atom stereocenters. The van der Waals surface area contributed by atoms with Crippen LogP contribution in [0, 0.1) is 0 Å². The minimum absolute atomic E-state index is 0.0751. The zero-order chi connectivity index (χ0) is 58.5. The number of carbonyl (C=O) groups excluding carboxylic acids is 3. The molecule has 0 saturated heterocycles. The molecule has 0 aliphatic carbocycles. The highest BCUT2D eigenvalue weighted by Gasteiger charge is 2.19. The third-order valence-electron chi connectivity index (χ3n) is 16.0. The fourth-order valence-electron chi connectivity index (χ4n) is 10.6. The molecular formula is C75H136O6. The molecule has 1 atom stereocenters. The lowest BCUT2D eigenvalue weighted by Crippen LogP contribution is -2.30. The van der Waals surface area contributed by atoms with Crippen molar-refractivity contribution in [2.24, 2.45) is 0 Å². The van der Waals surface area contributed by atoms with Gasteiger partial charge in [-0.15, -0.1) is 0 Å². The summed E-state index contributed by atoms with van der Waals surface area (Å²) >= 11 is 0. The predicted molar refractivity (Wildman–Crippen MR) is 353 cm³/mol. The summed E-state index contributed by atoms with van der Waals surface area (Å²) in [5.41, 5.74) is 0. The summed E-state index contributed by atoms with van der Waals surface area (Å²) in [5.74, 6) is -0.863. The molecule has 472 valence electrons. The molecule has 0 amide bonds. The summed E-state index contributed by atoms with van der Waals surface area (Å²) < 4.78 is 17.0. The van der Waals surface area contributed by atoms with Gasteiger partial charge in [0.1, 0.15) is 13.2 Å². The first-order valence-electron chi connectivity index (χ1n) is 35.8. The highest BCUT2D eigenvalue weighted by atomic mass is 16.6. The average molecular weight is 1130 g/mol. The molecule has 0 saturated carbocycles. The number of rotatable bonds is 66. The van der Waals surface area contributed by atoms with Crippen LogP contribution in [0.3, 0.4) is 0 Å². The Kier molecular flexibility index (Phi) is 67.1. The zero-order valence-corrected chi connectivity index (χ0v) is 54.3. The molecule has 6 nitrogen and oxygen atoms in total. The van der Waals surface area contributed by atoms with Crippen molar-refractivity contribution in [2.75, 3.05) is 13.2 Å². The van der Waals surface area contributed by atoms with E-state index in [1.54, 1.807) is 0 Å². The van der Waals surface area contributed by atoms with E-state index < -0.39 is 6.10 Å². The summed E-state index contributed by atoms with van der Waals surface area (Å²) in [7, 11) is 0. The number of hydrogen-bond donors (Lipinski definition) is 0. The van der Waals surface area contributed by atoms with E-state index in [1.807, 2.05) is 0 Å². The molecule has 0 aliphatic rings. The van der Waals surface area contributed by atoms with Crippen LogP contribution in [0.1, 0.15) is 380 Å². The normalized spacial score (nSPS) is 12.4. The SMILES string of the molecule is CCCCCCC/C=C\C/C=C\C/C=C\CCCCCCCCC(=O)OC(COC(=O)CCCCCCCCCCCCCCCCC)COC(=O)CCCCCCCCCCCCCCCCC/C=C\C/C=C\CCCCCCC. The molecule has 0 spiro atoms. The van der Waals surface area contributed by atoms with Gasteiger partial charge in [-0.1, -0.05) is 332 Å². The zero-order valence-electron chi connectivity index (χ0n) is 54.3. The monoisotopic (exact) mass is 1130 g/mol. The lowest BCUT2D eigenvalue weighted by Gasteiger charge is -2.18. The Morgan fingerprint density at radius 2 is 0.444 bits per heavy atom. The number of hydrogen-bond acceptors (Lipinski definition) is 6. The van der Waals surface area contributed by atoms with E-state index in [1.165, 1.54) is 257 Å². The Morgan fingerprint density at radius 1 is 0.247 bits per heavy atom. The van der Waals surface area contributed by atoms with Crippen LogP contribution in [0.25, 0.3) is 0 Å². The second kappa shape index (κ2) is 69.6. The van der Waals surface area contributed by atoms with Crippen molar-refractivity contribution in [1.82, 2.24) is 0 Å². The van der Waals surface area contributed by atoms with Crippen LogP contribution in [0.4, 0.5) is 0 Å². The van der Waals surface area contributed by atoms with Gasteiger partial charge in [0.05, 0.1) is 0 Å². The maximum absolute atomic E-state index is 13.0. The number of esters is 3. The van der Waals surface area contributed by atoms with E-state index in [0.717, 1.165) is 83.5 Å². The van der Waals surface area contributed by atoms with Crippen molar-refractivity contribution in [2.45, 2.75) is 386 Å². The molecule has 0 aromatic rings. The molecule has 0 bridgehead atoms.